The number of aromatic nitrogens is 4. The van der Waals surface area contributed by atoms with E-state index in [4.69, 9.17) is 0 Å². The standard InChI is InChI=1S/C22H21FN4O2/c1-14(2)26-21(28)19-20(27(22(26)29)18-10-8-17(23)9-11-18)24-13-25(19)12-16-6-4-15(3)5-7-16/h4-11,13-14H,12H2,1-3H3. The predicted octanol–water partition coefficient (Wildman–Crippen LogP) is 3.43. The van der Waals surface area contributed by atoms with Crippen molar-refractivity contribution >= 4 is 11.2 Å². The van der Waals surface area contributed by atoms with E-state index in [1.54, 1.807) is 24.7 Å². The first-order valence-corrected chi connectivity index (χ1v) is 9.40. The summed E-state index contributed by atoms with van der Waals surface area (Å²) in [6.45, 7) is 6.03. The number of nitrogens with zero attached hydrogens (tertiary/aromatic N) is 4. The van der Waals surface area contributed by atoms with Crippen molar-refractivity contribution in [3.8, 4) is 5.69 Å². The maximum Gasteiger partial charge on any atom is 0.337 e. The lowest BCUT2D eigenvalue weighted by molar-refractivity contribution is 0.538. The maximum absolute atomic E-state index is 13.4. The van der Waals surface area contributed by atoms with Gasteiger partial charge in [0.2, 0.25) is 0 Å². The fourth-order valence-corrected chi connectivity index (χ4v) is 3.44. The second-order valence-corrected chi connectivity index (χ2v) is 7.39. The summed E-state index contributed by atoms with van der Waals surface area (Å²) in [7, 11) is 0. The Hall–Kier alpha value is -3.48. The van der Waals surface area contributed by atoms with E-state index >= 15 is 0 Å². The van der Waals surface area contributed by atoms with Gasteiger partial charge in [-0.05, 0) is 50.6 Å². The zero-order valence-corrected chi connectivity index (χ0v) is 16.5. The highest BCUT2D eigenvalue weighted by Gasteiger charge is 2.20. The van der Waals surface area contributed by atoms with Crippen LogP contribution in [0.25, 0.3) is 16.9 Å². The highest BCUT2D eigenvalue weighted by molar-refractivity contribution is 5.72. The Morgan fingerprint density at radius 3 is 2.28 bits per heavy atom. The quantitative estimate of drug-likeness (QED) is 0.535. The van der Waals surface area contributed by atoms with Gasteiger partial charge in [-0.25, -0.2) is 18.7 Å². The Balaban J connectivity index is 2.00. The molecule has 0 spiro atoms. The van der Waals surface area contributed by atoms with Gasteiger partial charge in [0.15, 0.2) is 11.2 Å². The fourth-order valence-electron chi connectivity index (χ4n) is 3.44. The predicted molar refractivity (Wildman–Crippen MR) is 110 cm³/mol. The Bertz CT molecular complexity index is 1300. The maximum atomic E-state index is 13.4. The normalized spacial score (nSPS) is 11.5. The van der Waals surface area contributed by atoms with Crippen molar-refractivity contribution in [3.05, 3.63) is 92.6 Å². The largest absolute Gasteiger partial charge is 0.337 e. The molecule has 6 nitrogen and oxygen atoms in total. The first kappa shape index (κ1) is 18.9. The number of aryl methyl sites for hydroxylation is 1. The van der Waals surface area contributed by atoms with Crippen LogP contribution >= 0.6 is 0 Å². The van der Waals surface area contributed by atoms with Gasteiger partial charge in [0.1, 0.15) is 5.82 Å². The molecule has 4 aromatic rings. The minimum absolute atomic E-state index is 0.260. The van der Waals surface area contributed by atoms with Gasteiger partial charge in [0.05, 0.1) is 12.0 Å². The van der Waals surface area contributed by atoms with E-state index in [0.29, 0.717) is 17.7 Å². The zero-order chi connectivity index (χ0) is 20.7. The van der Waals surface area contributed by atoms with E-state index in [9.17, 15) is 14.0 Å². The summed E-state index contributed by atoms with van der Waals surface area (Å²) >= 11 is 0. The van der Waals surface area contributed by atoms with Crippen molar-refractivity contribution in [2.45, 2.75) is 33.4 Å². The molecule has 0 aliphatic heterocycles. The molecule has 2 heterocycles. The molecule has 0 atom stereocenters. The number of halogens is 1. The van der Waals surface area contributed by atoms with Crippen LogP contribution in [-0.4, -0.2) is 18.7 Å². The monoisotopic (exact) mass is 392 g/mol. The number of benzene rings is 2. The van der Waals surface area contributed by atoms with Crippen molar-refractivity contribution < 1.29 is 4.39 Å². The van der Waals surface area contributed by atoms with Crippen molar-refractivity contribution in [2.24, 2.45) is 0 Å². The summed E-state index contributed by atoms with van der Waals surface area (Å²) < 4.78 is 17.7. The zero-order valence-electron chi connectivity index (χ0n) is 16.5. The number of imidazole rings is 1. The van der Waals surface area contributed by atoms with Gasteiger partial charge >= 0.3 is 5.69 Å². The summed E-state index contributed by atoms with van der Waals surface area (Å²) in [5.41, 5.74) is 2.34. The molecule has 0 amide bonds. The first-order valence-electron chi connectivity index (χ1n) is 9.40. The molecule has 0 fully saturated rings. The Labute approximate surface area is 166 Å². The van der Waals surface area contributed by atoms with Gasteiger partial charge in [-0.2, -0.15) is 0 Å². The van der Waals surface area contributed by atoms with E-state index in [1.165, 1.54) is 33.4 Å². The molecular formula is C22H21FN4O2. The van der Waals surface area contributed by atoms with Crippen LogP contribution in [0, 0.1) is 12.7 Å². The number of hydrogen-bond acceptors (Lipinski definition) is 3. The number of rotatable bonds is 4. The Morgan fingerprint density at radius 1 is 1.00 bits per heavy atom. The van der Waals surface area contributed by atoms with Crippen LogP contribution in [0.5, 0.6) is 0 Å². The van der Waals surface area contributed by atoms with Crippen LogP contribution in [0.2, 0.25) is 0 Å². The van der Waals surface area contributed by atoms with Crippen LogP contribution in [0.4, 0.5) is 4.39 Å². The van der Waals surface area contributed by atoms with Gasteiger partial charge in [-0.3, -0.25) is 9.36 Å². The van der Waals surface area contributed by atoms with Crippen molar-refractivity contribution in [1.82, 2.24) is 18.7 Å². The van der Waals surface area contributed by atoms with Crippen LogP contribution in [0.15, 0.2) is 64.4 Å². The summed E-state index contributed by atoms with van der Waals surface area (Å²) in [5, 5.41) is 0. The van der Waals surface area contributed by atoms with Gasteiger partial charge < -0.3 is 4.57 Å². The van der Waals surface area contributed by atoms with Gasteiger partial charge in [0, 0.05) is 12.6 Å². The van der Waals surface area contributed by atoms with Gasteiger partial charge in [-0.15, -0.1) is 0 Å². The van der Waals surface area contributed by atoms with E-state index < -0.39 is 11.5 Å². The van der Waals surface area contributed by atoms with E-state index in [2.05, 4.69) is 4.98 Å². The molecule has 4 rings (SSSR count). The second kappa shape index (κ2) is 7.16. The molecule has 0 saturated carbocycles. The van der Waals surface area contributed by atoms with Gasteiger partial charge in [-0.1, -0.05) is 29.8 Å². The SMILES string of the molecule is Cc1ccc(Cn2cnc3c2c(=O)n(C(C)C)c(=O)n3-c2ccc(F)cc2)cc1. The smallest absolute Gasteiger partial charge is 0.320 e. The minimum atomic E-state index is -0.496. The summed E-state index contributed by atoms with van der Waals surface area (Å²) in [4.78, 5) is 30.7. The highest BCUT2D eigenvalue weighted by Crippen LogP contribution is 2.16. The summed E-state index contributed by atoms with van der Waals surface area (Å²) in [6, 6.07) is 13.2. The molecular weight excluding hydrogens is 371 g/mol. The lowest BCUT2D eigenvalue weighted by Crippen LogP contribution is -2.41. The summed E-state index contributed by atoms with van der Waals surface area (Å²) in [6.07, 6.45) is 1.57. The van der Waals surface area contributed by atoms with E-state index in [1.807, 2.05) is 31.2 Å². The van der Waals surface area contributed by atoms with Crippen LogP contribution in [-0.2, 0) is 6.54 Å². The average Bonchev–Trinajstić information content (AvgIpc) is 3.08. The van der Waals surface area contributed by atoms with E-state index in [0.717, 1.165) is 11.1 Å². The van der Waals surface area contributed by atoms with Crippen molar-refractivity contribution in [2.75, 3.05) is 0 Å². The molecule has 0 radical (unpaired) electrons. The van der Waals surface area contributed by atoms with Gasteiger partial charge in [0.25, 0.3) is 5.56 Å². The first-order chi connectivity index (χ1) is 13.9. The third-order valence-electron chi connectivity index (χ3n) is 4.92. The highest BCUT2D eigenvalue weighted by atomic mass is 19.1. The Morgan fingerprint density at radius 2 is 1.66 bits per heavy atom. The average molecular weight is 392 g/mol. The van der Waals surface area contributed by atoms with Crippen LogP contribution in [0.3, 0.4) is 0 Å². The molecule has 0 N–H and O–H groups in total. The van der Waals surface area contributed by atoms with E-state index in [-0.39, 0.29) is 17.2 Å². The minimum Gasteiger partial charge on any atom is -0.320 e. The van der Waals surface area contributed by atoms with Crippen molar-refractivity contribution in [1.29, 1.82) is 0 Å². The molecule has 2 aromatic heterocycles. The second-order valence-electron chi connectivity index (χ2n) is 7.39. The molecule has 7 heteroatoms. The molecule has 148 valence electrons. The molecule has 0 aliphatic rings. The molecule has 0 aliphatic carbocycles. The lowest BCUT2D eigenvalue weighted by atomic mass is 10.1. The number of hydrogen-bond donors (Lipinski definition) is 0. The lowest BCUT2D eigenvalue weighted by Gasteiger charge is -2.15. The van der Waals surface area contributed by atoms with Crippen LogP contribution < -0.4 is 11.2 Å². The summed E-state index contributed by atoms with van der Waals surface area (Å²) in [5.74, 6) is -0.403. The molecule has 29 heavy (non-hydrogen) atoms. The van der Waals surface area contributed by atoms with Crippen molar-refractivity contribution in [3.63, 3.8) is 0 Å². The molecule has 0 bridgehead atoms. The molecule has 0 saturated heterocycles. The third-order valence-corrected chi connectivity index (χ3v) is 4.92. The molecule has 2 aromatic carbocycles. The Kier molecular flexibility index (Phi) is 4.66. The third kappa shape index (κ3) is 3.29. The number of fused-ring (bicyclic) bond motifs is 1. The topological polar surface area (TPSA) is 61.8 Å². The van der Waals surface area contributed by atoms with Crippen LogP contribution in [0.1, 0.15) is 31.0 Å². The fraction of sp³-hybridized carbons (Fsp3) is 0.227. The molecule has 0 unspecified atom stereocenters.